The molecule has 1 aliphatic rings. The van der Waals surface area contributed by atoms with Crippen LogP contribution in [0.3, 0.4) is 0 Å². The number of aliphatic hydroxyl groups is 1. The fourth-order valence-electron chi connectivity index (χ4n) is 1.97. The highest BCUT2D eigenvalue weighted by molar-refractivity contribution is 9.09. The molecule has 78 valence electrons. The molecule has 0 saturated carbocycles. The summed E-state index contributed by atoms with van der Waals surface area (Å²) in [7, 11) is 0. The van der Waals surface area contributed by atoms with Crippen LogP contribution in [0.15, 0.2) is 0 Å². The smallest absolute Gasteiger partial charge is 0.0586 e. The second-order valence-electron chi connectivity index (χ2n) is 3.76. The molecule has 1 aliphatic heterocycles. The first-order valence-electron chi connectivity index (χ1n) is 5.29. The Kier molecular flexibility index (Phi) is 6.00. The van der Waals surface area contributed by atoms with Gasteiger partial charge in [-0.25, -0.2) is 0 Å². The molecule has 0 aliphatic carbocycles. The van der Waals surface area contributed by atoms with Crippen LogP contribution >= 0.6 is 15.9 Å². The van der Waals surface area contributed by atoms with Crippen molar-refractivity contribution < 1.29 is 5.11 Å². The van der Waals surface area contributed by atoms with Gasteiger partial charge in [-0.3, -0.25) is 4.90 Å². The SMILES string of the molecule is OCC1CCCCN1CCCCBr. The first-order chi connectivity index (χ1) is 6.38. The molecule has 1 heterocycles. The minimum absolute atomic E-state index is 0.342. The highest BCUT2D eigenvalue weighted by Crippen LogP contribution is 2.16. The Morgan fingerprint density at radius 3 is 2.85 bits per heavy atom. The minimum atomic E-state index is 0.342. The molecule has 0 aromatic rings. The Balaban J connectivity index is 2.19. The third kappa shape index (κ3) is 3.96. The fourth-order valence-corrected chi connectivity index (χ4v) is 2.37. The summed E-state index contributed by atoms with van der Waals surface area (Å²) in [5.74, 6) is 0. The molecule has 1 unspecified atom stereocenters. The van der Waals surface area contributed by atoms with Gasteiger partial charge in [0.2, 0.25) is 0 Å². The van der Waals surface area contributed by atoms with Crippen LogP contribution in [0.4, 0.5) is 0 Å². The normalized spacial score (nSPS) is 24.9. The van der Waals surface area contributed by atoms with Crippen molar-refractivity contribution in [3.8, 4) is 0 Å². The predicted molar refractivity (Wildman–Crippen MR) is 59.3 cm³/mol. The molecule has 0 spiro atoms. The van der Waals surface area contributed by atoms with E-state index in [1.165, 1.54) is 38.6 Å². The summed E-state index contributed by atoms with van der Waals surface area (Å²) in [5, 5.41) is 10.3. The van der Waals surface area contributed by atoms with Crippen molar-refractivity contribution in [3.05, 3.63) is 0 Å². The molecular formula is C10H20BrNO. The highest BCUT2D eigenvalue weighted by atomic mass is 79.9. The van der Waals surface area contributed by atoms with Gasteiger partial charge in [0.25, 0.3) is 0 Å². The number of hydrogen-bond donors (Lipinski definition) is 1. The van der Waals surface area contributed by atoms with Crippen LogP contribution in [0.1, 0.15) is 32.1 Å². The average Bonchev–Trinajstić information content (AvgIpc) is 2.19. The molecule has 1 rings (SSSR count). The van der Waals surface area contributed by atoms with E-state index in [4.69, 9.17) is 5.11 Å². The van der Waals surface area contributed by atoms with E-state index in [1.54, 1.807) is 0 Å². The second kappa shape index (κ2) is 6.80. The van der Waals surface area contributed by atoms with E-state index in [0.29, 0.717) is 12.6 Å². The highest BCUT2D eigenvalue weighted by Gasteiger charge is 2.20. The number of unbranched alkanes of at least 4 members (excludes halogenated alkanes) is 1. The van der Waals surface area contributed by atoms with Crippen molar-refractivity contribution in [3.63, 3.8) is 0 Å². The lowest BCUT2D eigenvalue weighted by molar-refractivity contribution is 0.0892. The summed E-state index contributed by atoms with van der Waals surface area (Å²) in [6.07, 6.45) is 6.28. The standard InChI is InChI=1S/C10H20BrNO/c11-6-2-4-8-12-7-3-1-5-10(12)9-13/h10,13H,1-9H2. The molecule has 0 radical (unpaired) electrons. The van der Waals surface area contributed by atoms with Gasteiger partial charge in [0.1, 0.15) is 0 Å². The maximum atomic E-state index is 9.17. The maximum absolute atomic E-state index is 9.17. The van der Waals surface area contributed by atoms with Gasteiger partial charge in [-0.05, 0) is 38.8 Å². The lowest BCUT2D eigenvalue weighted by atomic mass is 10.0. The Hall–Kier alpha value is 0.400. The van der Waals surface area contributed by atoms with Crippen molar-refractivity contribution in [2.45, 2.75) is 38.1 Å². The molecule has 1 saturated heterocycles. The van der Waals surface area contributed by atoms with Crippen LogP contribution in [0.5, 0.6) is 0 Å². The van der Waals surface area contributed by atoms with Crippen molar-refractivity contribution in [2.75, 3.05) is 25.0 Å². The first kappa shape index (κ1) is 11.5. The molecule has 1 N–H and O–H groups in total. The lowest BCUT2D eigenvalue weighted by Gasteiger charge is -2.34. The van der Waals surface area contributed by atoms with Gasteiger partial charge in [-0.15, -0.1) is 0 Å². The van der Waals surface area contributed by atoms with Crippen molar-refractivity contribution in [1.82, 2.24) is 4.90 Å². The topological polar surface area (TPSA) is 23.5 Å². The van der Waals surface area contributed by atoms with Crippen molar-refractivity contribution in [2.24, 2.45) is 0 Å². The van der Waals surface area contributed by atoms with Crippen LogP contribution < -0.4 is 0 Å². The summed E-state index contributed by atoms with van der Waals surface area (Å²) in [6, 6.07) is 0.448. The first-order valence-corrected chi connectivity index (χ1v) is 6.41. The van der Waals surface area contributed by atoms with Gasteiger partial charge in [0.15, 0.2) is 0 Å². The van der Waals surface area contributed by atoms with Crippen molar-refractivity contribution in [1.29, 1.82) is 0 Å². The van der Waals surface area contributed by atoms with Crippen LogP contribution in [0.2, 0.25) is 0 Å². The Bertz CT molecular complexity index is 132. The van der Waals surface area contributed by atoms with Crippen molar-refractivity contribution >= 4 is 15.9 Å². The number of halogens is 1. The molecule has 2 nitrogen and oxygen atoms in total. The largest absolute Gasteiger partial charge is 0.395 e. The molecule has 0 aromatic carbocycles. The summed E-state index contributed by atoms with van der Waals surface area (Å²) < 4.78 is 0. The Morgan fingerprint density at radius 2 is 2.15 bits per heavy atom. The average molecular weight is 250 g/mol. The van der Waals surface area contributed by atoms with E-state index in [-0.39, 0.29) is 0 Å². The zero-order valence-electron chi connectivity index (χ0n) is 8.21. The second-order valence-corrected chi connectivity index (χ2v) is 4.56. The van der Waals surface area contributed by atoms with Gasteiger partial charge >= 0.3 is 0 Å². The molecule has 1 atom stereocenters. The molecule has 3 heteroatoms. The van der Waals surface area contributed by atoms with Gasteiger partial charge in [-0.2, -0.15) is 0 Å². The summed E-state index contributed by atoms with van der Waals surface area (Å²) >= 11 is 3.44. The third-order valence-electron chi connectivity index (χ3n) is 2.79. The van der Waals surface area contributed by atoms with Crippen LogP contribution in [0, 0.1) is 0 Å². The van der Waals surface area contributed by atoms with Gasteiger partial charge in [-0.1, -0.05) is 22.4 Å². The number of rotatable bonds is 5. The predicted octanol–water partition coefficient (Wildman–Crippen LogP) is 2.01. The Morgan fingerprint density at radius 1 is 1.31 bits per heavy atom. The zero-order chi connectivity index (χ0) is 9.52. The molecule has 0 amide bonds. The lowest BCUT2D eigenvalue weighted by Crippen LogP contribution is -2.42. The van der Waals surface area contributed by atoms with E-state index in [2.05, 4.69) is 20.8 Å². The van der Waals surface area contributed by atoms with Gasteiger partial charge < -0.3 is 5.11 Å². The van der Waals surface area contributed by atoms with E-state index in [1.807, 2.05) is 0 Å². The monoisotopic (exact) mass is 249 g/mol. The maximum Gasteiger partial charge on any atom is 0.0586 e. The summed E-state index contributed by atoms with van der Waals surface area (Å²) in [4.78, 5) is 2.45. The van der Waals surface area contributed by atoms with E-state index >= 15 is 0 Å². The van der Waals surface area contributed by atoms with Gasteiger partial charge in [0, 0.05) is 11.4 Å². The Labute approximate surface area is 89.4 Å². The molecular weight excluding hydrogens is 230 g/mol. The third-order valence-corrected chi connectivity index (χ3v) is 3.35. The molecule has 0 aromatic heterocycles. The zero-order valence-corrected chi connectivity index (χ0v) is 9.80. The quantitative estimate of drug-likeness (QED) is 0.596. The number of alkyl halides is 1. The van der Waals surface area contributed by atoms with Gasteiger partial charge in [0.05, 0.1) is 6.61 Å². The van der Waals surface area contributed by atoms with Crippen LogP contribution in [-0.2, 0) is 0 Å². The van der Waals surface area contributed by atoms with E-state index < -0.39 is 0 Å². The van der Waals surface area contributed by atoms with E-state index in [9.17, 15) is 0 Å². The number of likely N-dealkylation sites (tertiary alicyclic amines) is 1. The summed E-state index contributed by atoms with van der Waals surface area (Å²) in [6.45, 7) is 2.69. The molecule has 13 heavy (non-hydrogen) atoms. The number of aliphatic hydroxyl groups excluding tert-OH is 1. The number of piperidine rings is 1. The van der Waals surface area contributed by atoms with E-state index in [0.717, 1.165) is 11.9 Å². The molecule has 0 bridgehead atoms. The molecule has 1 fully saturated rings. The van der Waals surface area contributed by atoms with Crippen LogP contribution in [0.25, 0.3) is 0 Å². The number of nitrogens with zero attached hydrogens (tertiary/aromatic N) is 1. The van der Waals surface area contributed by atoms with Crippen LogP contribution in [-0.4, -0.2) is 41.1 Å². The minimum Gasteiger partial charge on any atom is -0.395 e. The number of hydrogen-bond acceptors (Lipinski definition) is 2. The fraction of sp³-hybridized carbons (Fsp3) is 1.00. The summed E-state index contributed by atoms with van der Waals surface area (Å²) in [5.41, 5.74) is 0.